The molecule has 3 amide bonds. The molecule has 0 radical (unpaired) electrons. The second-order valence-electron chi connectivity index (χ2n) is 27.2. The molecule has 35 heteroatoms. The van der Waals surface area contributed by atoms with Crippen LogP contribution in [0.1, 0.15) is 76.4 Å². The Morgan fingerprint density at radius 1 is 0.379 bits per heavy atom. The van der Waals surface area contributed by atoms with Crippen LogP contribution in [0, 0.1) is 17.5 Å². The summed E-state index contributed by atoms with van der Waals surface area (Å²) in [6, 6.07) is 38.8. The van der Waals surface area contributed by atoms with Gasteiger partial charge in [-0.15, -0.1) is 0 Å². The Morgan fingerprint density at radius 2 is 0.690 bits per heavy atom. The fraction of sp³-hybridized carbons (Fsp3) is 0.333. The van der Waals surface area contributed by atoms with Crippen molar-refractivity contribution in [3.05, 3.63) is 199 Å². The molecule has 6 aromatic heterocycles. The second kappa shape index (κ2) is 42.4. The number of carbonyl (C=O) groups is 3. The summed E-state index contributed by atoms with van der Waals surface area (Å²) in [4.78, 5) is 71.6. The van der Waals surface area contributed by atoms with E-state index in [2.05, 4.69) is 128 Å². The maximum Gasteiger partial charge on any atom is 0.474 e. The van der Waals surface area contributed by atoms with Gasteiger partial charge in [0.15, 0.2) is 17.5 Å². The third-order valence-corrected chi connectivity index (χ3v) is 19.6. The topological polar surface area (TPSA) is 369 Å². The van der Waals surface area contributed by atoms with Crippen LogP contribution in [0.2, 0.25) is 0 Å². The lowest BCUT2D eigenvalue weighted by molar-refractivity contribution is -0.116. The Labute approximate surface area is 667 Å². The number of aromatic nitrogens is 12. The molecule has 0 aliphatic heterocycles. The van der Waals surface area contributed by atoms with Gasteiger partial charge in [0.05, 0.1) is 75.5 Å². The molecule has 12 rings (SSSR count). The van der Waals surface area contributed by atoms with Crippen LogP contribution < -0.4 is 46.1 Å². The van der Waals surface area contributed by atoms with Crippen molar-refractivity contribution in [3.63, 3.8) is 0 Å². The largest absolute Gasteiger partial charge is 0.493 e. The second-order valence-corrected chi connectivity index (χ2v) is 28.9. The van der Waals surface area contributed by atoms with Gasteiger partial charge in [0.1, 0.15) is 71.1 Å². The normalized spacial score (nSPS) is 11.6. The van der Waals surface area contributed by atoms with E-state index in [0.717, 1.165) is 55.1 Å². The van der Waals surface area contributed by atoms with Crippen molar-refractivity contribution in [2.24, 2.45) is 0 Å². The van der Waals surface area contributed by atoms with Crippen LogP contribution in [0.3, 0.4) is 0 Å². The molecule has 0 aliphatic carbocycles. The molecule has 6 heterocycles. The summed E-state index contributed by atoms with van der Waals surface area (Å²) in [7, 11) is -4.13. The van der Waals surface area contributed by atoms with Crippen molar-refractivity contribution in [2.45, 2.75) is 78.6 Å². The third kappa shape index (κ3) is 25.7. The summed E-state index contributed by atoms with van der Waals surface area (Å²) >= 11 is 0. The number of carbonyl (C=O) groups excluding carboxylic acids is 3. The van der Waals surface area contributed by atoms with Crippen molar-refractivity contribution in [1.82, 2.24) is 75.2 Å². The Balaban J connectivity index is 0.617. The SMILES string of the molecule is CCCN(CCCOc1ccc2c(Nc3cc(CC(=O)Nc4cccc(F)c4)[nH]n3)ncnc2c1)CCOP(=O)(OCCN(CCC)CCCOc1ccc2c(Nc3cc(CC(=O)Nc4cccc(F)c4)[nH]n3)ncnc2c1)OCCN(CCC)CCCOc1ccc2c(Nc3cc(CC(=O)Nc4cccc(F)c4)[nH]n3)ncnc2c1. The minimum absolute atomic E-state index is 0.0122. The van der Waals surface area contributed by atoms with Gasteiger partial charge in [-0.05, 0) is 149 Å². The molecule has 0 aliphatic rings. The highest BCUT2D eigenvalue weighted by Crippen LogP contribution is 2.49. The van der Waals surface area contributed by atoms with E-state index in [9.17, 15) is 32.1 Å². The van der Waals surface area contributed by atoms with Crippen molar-refractivity contribution < 1.29 is 59.9 Å². The van der Waals surface area contributed by atoms with Crippen LogP contribution in [-0.4, -0.2) is 191 Å². The number of rotatable bonds is 48. The number of H-pyrrole nitrogens is 3. The number of amides is 3. The Kier molecular flexibility index (Phi) is 30.5. The molecular formula is C81H93F3N21O10P. The van der Waals surface area contributed by atoms with Gasteiger partial charge >= 0.3 is 7.82 Å². The fourth-order valence-electron chi connectivity index (χ4n) is 12.8. The first kappa shape index (κ1) is 83.4. The number of phosphoric ester groups is 1. The van der Waals surface area contributed by atoms with Crippen molar-refractivity contribution in [2.75, 3.05) is 130 Å². The average Bonchev–Trinajstić information content (AvgIpc) is 1.68. The predicted molar refractivity (Wildman–Crippen MR) is 436 cm³/mol. The monoisotopic (exact) mass is 1610 g/mol. The average molecular weight is 1610 g/mol. The summed E-state index contributed by atoms with van der Waals surface area (Å²) in [5, 5.41) is 41.4. The Bertz CT molecular complexity index is 4770. The molecule has 0 unspecified atom stereocenters. The van der Waals surface area contributed by atoms with Gasteiger partial charge in [0, 0.05) is 126 Å². The number of fused-ring (bicyclic) bond motifs is 3. The minimum atomic E-state index is -4.13. The van der Waals surface area contributed by atoms with Crippen LogP contribution in [0.4, 0.5) is 65.1 Å². The molecule has 9 N–H and O–H groups in total. The number of hydrogen-bond acceptors (Lipinski definition) is 25. The molecule has 608 valence electrons. The van der Waals surface area contributed by atoms with E-state index < -0.39 is 25.3 Å². The molecule has 0 spiro atoms. The van der Waals surface area contributed by atoms with Gasteiger partial charge in [-0.2, -0.15) is 15.3 Å². The molecule has 0 saturated heterocycles. The maximum atomic E-state index is 14.9. The number of ether oxygens (including phenoxy) is 3. The molecule has 0 bridgehead atoms. The van der Waals surface area contributed by atoms with Gasteiger partial charge in [0.2, 0.25) is 17.7 Å². The first-order valence-corrected chi connectivity index (χ1v) is 39.9. The van der Waals surface area contributed by atoms with Crippen LogP contribution in [0.15, 0.2) is 165 Å². The highest BCUT2D eigenvalue weighted by Gasteiger charge is 2.28. The summed E-state index contributed by atoms with van der Waals surface area (Å²) in [6.07, 6.45) is 8.92. The molecule has 0 saturated carbocycles. The smallest absolute Gasteiger partial charge is 0.474 e. The zero-order chi connectivity index (χ0) is 80.9. The van der Waals surface area contributed by atoms with Gasteiger partial charge in [-0.25, -0.2) is 47.6 Å². The van der Waals surface area contributed by atoms with Crippen LogP contribution >= 0.6 is 7.82 Å². The standard InChI is InChI=1S/C81H93F3N21O10P/c1-4-25-103(28-10-34-110-64-19-22-67-70(49-64)85-52-88-79(67)94-73-43-61(97-100-73)46-76(106)91-58-16-7-13-55(82)40-58)31-37-113-116(109,114-38-32-104(26-5-2)29-11-35-111-65-20-23-68-71(50-65)86-53-89-80(68)95-74-44-62(98-101-74)47-77(107)92-59-17-8-14-56(83)41-59)115-39-33-105(27-6-3)30-12-36-112-66-21-24-69-72(51-66)87-54-90-81(69)96-75-45-63(99-102-75)48-78(108)93-60-18-9-15-57(84)42-60/h7-9,13-24,40-45,49-54H,4-6,10-12,25-39,46-48H2,1-3H3,(H,91,106)(H,92,107)(H,93,108)(H2,85,88,94,97,100)(H2,86,89,95,98,101)(H2,87,90,96,99,102). The first-order valence-electron chi connectivity index (χ1n) is 38.5. The highest BCUT2D eigenvalue weighted by molar-refractivity contribution is 7.48. The molecule has 0 atom stereocenters. The number of aromatic amines is 3. The Morgan fingerprint density at radius 3 is 0.983 bits per heavy atom. The van der Waals surface area contributed by atoms with E-state index in [0.29, 0.717) is 181 Å². The van der Waals surface area contributed by atoms with Crippen molar-refractivity contribution >= 4 is 110 Å². The predicted octanol–water partition coefficient (Wildman–Crippen LogP) is 13.9. The zero-order valence-corrected chi connectivity index (χ0v) is 65.5. The number of hydrogen-bond donors (Lipinski definition) is 9. The van der Waals surface area contributed by atoms with E-state index in [4.69, 9.17) is 27.8 Å². The van der Waals surface area contributed by atoms with Crippen molar-refractivity contribution in [3.8, 4) is 17.2 Å². The van der Waals surface area contributed by atoms with Crippen LogP contribution in [0.25, 0.3) is 32.7 Å². The van der Waals surface area contributed by atoms with E-state index >= 15 is 0 Å². The van der Waals surface area contributed by atoms with E-state index in [-0.39, 0.29) is 56.8 Å². The summed E-state index contributed by atoms with van der Waals surface area (Å²) in [5.41, 5.74) is 4.62. The molecule has 12 aromatic rings. The van der Waals surface area contributed by atoms with Gasteiger partial charge in [-0.3, -0.25) is 43.3 Å². The van der Waals surface area contributed by atoms with Crippen LogP contribution in [-0.2, 0) is 51.8 Å². The van der Waals surface area contributed by atoms with E-state index in [1.165, 1.54) is 73.6 Å². The van der Waals surface area contributed by atoms with Crippen molar-refractivity contribution in [1.29, 1.82) is 0 Å². The van der Waals surface area contributed by atoms with Gasteiger partial charge in [-0.1, -0.05) is 39.0 Å². The Hall–Kier alpha value is -12.0. The molecular weight excluding hydrogens is 1510 g/mol. The fourth-order valence-corrected chi connectivity index (χ4v) is 13.9. The maximum absolute atomic E-state index is 14.9. The molecule has 116 heavy (non-hydrogen) atoms. The number of halogens is 3. The van der Waals surface area contributed by atoms with E-state index in [1.54, 1.807) is 36.4 Å². The first-order chi connectivity index (χ1) is 56.5. The number of nitrogens with zero attached hydrogens (tertiary/aromatic N) is 12. The third-order valence-electron chi connectivity index (χ3n) is 18.1. The molecule has 31 nitrogen and oxygen atoms in total. The quantitative estimate of drug-likeness (QED) is 0.0126. The number of benzene rings is 6. The minimum Gasteiger partial charge on any atom is -0.493 e. The lowest BCUT2D eigenvalue weighted by Crippen LogP contribution is -2.32. The highest BCUT2D eigenvalue weighted by atomic mass is 31.2. The van der Waals surface area contributed by atoms with Gasteiger partial charge in [0.25, 0.3) is 0 Å². The van der Waals surface area contributed by atoms with Gasteiger partial charge < -0.3 is 60.8 Å². The molecule has 0 fully saturated rings. The summed E-state index contributed by atoms with van der Waals surface area (Å²) < 4.78 is 93.4. The molecule has 6 aromatic carbocycles. The van der Waals surface area contributed by atoms with Crippen LogP contribution in [0.5, 0.6) is 17.2 Å². The summed E-state index contributed by atoms with van der Waals surface area (Å²) in [6.45, 7) is 13.4. The lowest BCUT2D eigenvalue weighted by atomic mass is 10.2. The zero-order valence-electron chi connectivity index (χ0n) is 64.6. The van der Waals surface area contributed by atoms with E-state index in [1.807, 2.05) is 54.6 Å². The lowest BCUT2D eigenvalue weighted by Gasteiger charge is -2.26. The number of phosphoric acid groups is 1. The number of anilines is 9. The summed E-state index contributed by atoms with van der Waals surface area (Å²) in [5.74, 6) is 2.36. The number of nitrogens with one attached hydrogen (secondary N) is 9.